The van der Waals surface area contributed by atoms with Crippen molar-refractivity contribution in [2.24, 2.45) is 0 Å². The minimum Gasteiger partial charge on any atom is -0.394 e. The largest absolute Gasteiger partial charge is 0.394 e. The van der Waals surface area contributed by atoms with E-state index in [4.69, 9.17) is 9.47 Å². The molecular weight excluding hydrogens is 707 g/mol. The number of carbonyl (C=O) groups is 1. The van der Waals surface area contributed by atoms with Crippen molar-refractivity contribution in [3.63, 3.8) is 0 Å². The van der Waals surface area contributed by atoms with Gasteiger partial charge in [0.05, 0.1) is 25.4 Å². The summed E-state index contributed by atoms with van der Waals surface area (Å²) in [5, 5.41) is 54.0. The van der Waals surface area contributed by atoms with Crippen LogP contribution in [0.4, 0.5) is 0 Å². The van der Waals surface area contributed by atoms with Crippen LogP contribution in [0.3, 0.4) is 0 Å². The molecule has 0 bridgehead atoms. The first kappa shape index (κ1) is 52.9. The maximum atomic E-state index is 12.9. The number of carbonyl (C=O) groups excluding carboxylic acids is 1. The number of hydrogen-bond donors (Lipinski definition) is 6. The van der Waals surface area contributed by atoms with Crippen molar-refractivity contribution in [1.29, 1.82) is 0 Å². The number of nitrogens with one attached hydrogen (secondary N) is 1. The van der Waals surface area contributed by atoms with Crippen molar-refractivity contribution < 1.29 is 39.8 Å². The van der Waals surface area contributed by atoms with Crippen molar-refractivity contribution >= 4 is 5.91 Å². The van der Waals surface area contributed by atoms with E-state index in [2.05, 4.69) is 19.2 Å². The summed E-state index contributed by atoms with van der Waals surface area (Å²) in [5.41, 5.74) is 0. The standard InChI is InChI=1S/C47H91NO8/c1-3-5-7-9-11-13-14-15-16-17-18-19-20-21-22-23-24-25-26-27-29-31-33-35-37-43(51)48-40(41(50)36-34-32-30-28-12-10-8-6-4-2)39-55-47-46(54)45(53)44(52)42(38-49)56-47/h34,36,40-42,44-47,49-50,52-54H,3-33,35,37-39H2,1-2H3,(H,48,51)/b36-34+/t40-,41+,42+,44+,45?,46?,47+/m0/s1. The molecule has 0 aromatic carbocycles. The lowest BCUT2D eigenvalue weighted by molar-refractivity contribution is -0.302. The zero-order chi connectivity index (χ0) is 40.9. The molecule has 332 valence electrons. The molecule has 9 nitrogen and oxygen atoms in total. The topological polar surface area (TPSA) is 149 Å². The molecule has 0 aromatic rings. The molecule has 0 radical (unpaired) electrons. The fourth-order valence-electron chi connectivity index (χ4n) is 7.75. The van der Waals surface area contributed by atoms with E-state index >= 15 is 0 Å². The van der Waals surface area contributed by atoms with Crippen molar-refractivity contribution in [2.75, 3.05) is 13.2 Å². The summed E-state index contributed by atoms with van der Waals surface area (Å²) in [6, 6.07) is -0.797. The van der Waals surface area contributed by atoms with Crippen molar-refractivity contribution in [3.05, 3.63) is 12.2 Å². The van der Waals surface area contributed by atoms with E-state index in [0.29, 0.717) is 6.42 Å². The minimum atomic E-state index is -1.56. The Kier molecular flexibility index (Phi) is 36.1. The van der Waals surface area contributed by atoms with Crippen LogP contribution in [0.25, 0.3) is 0 Å². The average Bonchev–Trinajstić information content (AvgIpc) is 3.20. The van der Waals surface area contributed by atoms with Gasteiger partial charge < -0.3 is 40.3 Å². The summed E-state index contributed by atoms with van der Waals surface area (Å²) in [7, 11) is 0. The van der Waals surface area contributed by atoms with E-state index in [1.165, 1.54) is 167 Å². The fraction of sp³-hybridized carbons (Fsp3) is 0.936. The highest BCUT2D eigenvalue weighted by molar-refractivity contribution is 5.76. The van der Waals surface area contributed by atoms with Gasteiger partial charge in [-0.05, 0) is 19.3 Å². The first-order valence-electron chi connectivity index (χ1n) is 23.9. The molecule has 56 heavy (non-hydrogen) atoms. The Morgan fingerprint density at radius 2 is 0.982 bits per heavy atom. The minimum absolute atomic E-state index is 0.175. The number of aliphatic hydroxyl groups is 5. The third-order valence-corrected chi connectivity index (χ3v) is 11.6. The second kappa shape index (κ2) is 38.2. The van der Waals surface area contributed by atoms with Crippen LogP contribution in [0.5, 0.6) is 0 Å². The van der Waals surface area contributed by atoms with Crippen LogP contribution in [0.2, 0.25) is 0 Å². The van der Waals surface area contributed by atoms with Crippen LogP contribution >= 0.6 is 0 Å². The number of amides is 1. The Morgan fingerprint density at radius 3 is 1.39 bits per heavy atom. The lowest BCUT2D eigenvalue weighted by atomic mass is 9.99. The Balaban J connectivity index is 2.19. The summed E-state index contributed by atoms with van der Waals surface area (Å²) in [6.45, 7) is 3.75. The van der Waals surface area contributed by atoms with Gasteiger partial charge in [-0.25, -0.2) is 0 Å². The molecule has 0 saturated carbocycles. The molecule has 0 spiro atoms. The third kappa shape index (κ3) is 28.4. The van der Waals surface area contributed by atoms with Crippen LogP contribution in [0.1, 0.15) is 226 Å². The van der Waals surface area contributed by atoms with Gasteiger partial charge in [0.25, 0.3) is 0 Å². The van der Waals surface area contributed by atoms with Gasteiger partial charge in [0.15, 0.2) is 6.29 Å². The highest BCUT2D eigenvalue weighted by Gasteiger charge is 2.44. The Labute approximate surface area is 344 Å². The van der Waals surface area contributed by atoms with E-state index in [9.17, 15) is 30.3 Å². The zero-order valence-electron chi connectivity index (χ0n) is 36.4. The maximum Gasteiger partial charge on any atom is 0.220 e. The van der Waals surface area contributed by atoms with Gasteiger partial charge in [-0.2, -0.15) is 0 Å². The number of allylic oxidation sites excluding steroid dienone is 1. The molecule has 0 aliphatic carbocycles. The van der Waals surface area contributed by atoms with Gasteiger partial charge in [0.1, 0.15) is 24.4 Å². The molecule has 1 saturated heterocycles. The zero-order valence-corrected chi connectivity index (χ0v) is 36.4. The van der Waals surface area contributed by atoms with Crippen molar-refractivity contribution in [3.8, 4) is 0 Å². The lowest BCUT2D eigenvalue weighted by Crippen LogP contribution is -2.60. The highest BCUT2D eigenvalue weighted by Crippen LogP contribution is 2.23. The Bertz CT molecular complexity index is 888. The molecule has 1 aliphatic heterocycles. The molecule has 2 unspecified atom stereocenters. The summed E-state index contributed by atoms with van der Waals surface area (Å²) in [6.07, 6.45) is 37.1. The summed E-state index contributed by atoms with van der Waals surface area (Å²) in [5.74, 6) is -0.175. The summed E-state index contributed by atoms with van der Waals surface area (Å²) < 4.78 is 11.2. The predicted octanol–water partition coefficient (Wildman–Crippen LogP) is 10.1. The molecule has 1 fully saturated rings. The van der Waals surface area contributed by atoms with Crippen LogP contribution in [0, 0.1) is 0 Å². The second-order valence-corrected chi connectivity index (χ2v) is 16.9. The number of hydrogen-bond acceptors (Lipinski definition) is 8. The van der Waals surface area contributed by atoms with Gasteiger partial charge in [0, 0.05) is 6.42 Å². The van der Waals surface area contributed by atoms with E-state index in [1.54, 1.807) is 6.08 Å². The molecule has 1 rings (SSSR count). The first-order chi connectivity index (χ1) is 27.3. The molecule has 7 atom stereocenters. The van der Waals surface area contributed by atoms with Crippen LogP contribution in [-0.4, -0.2) is 87.5 Å². The SMILES string of the molecule is CCCCCCCCC/C=C/[C@@H](O)[C@H](CO[C@@H]1O[C@H](CO)[C@@H](O)C(O)C1O)NC(=O)CCCCCCCCCCCCCCCCCCCCCCCCCC. The maximum absolute atomic E-state index is 12.9. The van der Waals surface area contributed by atoms with Crippen LogP contribution in [-0.2, 0) is 14.3 Å². The van der Waals surface area contributed by atoms with Gasteiger partial charge in [-0.15, -0.1) is 0 Å². The number of unbranched alkanes of at least 4 members (excludes halogenated alkanes) is 30. The van der Waals surface area contributed by atoms with E-state index in [-0.39, 0.29) is 12.5 Å². The normalized spacial score (nSPS) is 21.2. The van der Waals surface area contributed by atoms with Crippen LogP contribution in [0.15, 0.2) is 12.2 Å². The average molecular weight is 798 g/mol. The predicted molar refractivity (Wildman–Crippen MR) is 231 cm³/mol. The quantitative estimate of drug-likeness (QED) is 0.0265. The molecule has 1 heterocycles. The first-order valence-corrected chi connectivity index (χ1v) is 23.9. The molecule has 1 amide bonds. The van der Waals surface area contributed by atoms with E-state index in [0.717, 1.165) is 38.5 Å². The van der Waals surface area contributed by atoms with Gasteiger partial charge in [-0.3, -0.25) is 4.79 Å². The van der Waals surface area contributed by atoms with Gasteiger partial charge in [0.2, 0.25) is 5.91 Å². The summed E-state index contributed by atoms with van der Waals surface area (Å²) >= 11 is 0. The Hall–Kier alpha value is -1.07. The number of ether oxygens (including phenoxy) is 2. The molecule has 9 heteroatoms. The monoisotopic (exact) mass is 798 g/mol. The van der Waals surface area contributed by atoms with Crippen molar-refractivity contribution in [2.45, 2.75) is 269 Å². The molecule has 6 N–H and O–H groups in total. The van der Waals surface area contributed by atoms with E-state index in [1.807, 2.05) is 6.08 Å². The van der Waals surface area contributed by atoms with Crippen LogP contribution < -0.4 is 5.32 Å². The third-order valence-electron chi connectivity index (χ3n) is 11.6. The second-order valence-electron chi connectivity index (χ2n) is 16.9. The van der Waals surface area contributed by atoms with E-state index < -0.39 is 49.5 Å². The Morgan fingerprint density at radius 1 is 0.589 bits per heavy atom. The molecular formula is C47H91NO8. The highest BCUT2D eigenvalue weighted by atomic mass is 16.7. The van der Waals surface area contributed by atoms with Gasteiger partial charge >= 0.3 is 0 Å². The smallest absolute Gasteiger partial charge is 0.220 e. The summed E-state index contributed by atoms with van der Waals surface area (Å²) in [4.78, 5) is 12.9. The van der Waals surface area contributed by atoms with Crippen molar-refractivity contribution in [1.82, 2.24) is 5.32 Å². The van der Waals surface area contributed by atoms with Gasteiger partial charge in [-0.1, -0.05) is 212 Å². The molecule has 0 aromatic heterocycles. The lowest BCUT2D eigenvalue weighted by Gasteiger charge is -2.40. The number of aliphatic hydroxyl groups excluding tert-OH is 5. The fourth-order valence-corrected chi connectivity index (χ4v) is 7.75. The number of rotatable bonds is 40. The molecule has 1 aliphatic rings.